The number of hydrogen-bond donors (Lipinski definition) is 0. The van der Waals surface area contributed by atoms with Crippen molar-refractivity contribution in [3.05, 3.63) is 35.5 Å². The maximum absolute atomic E-state index is 13.6. The number of benzene rings is 1. The molecule has 0 radical (unpaired) electrons. The molecule has 0 saturated heterocycles. The number of nitrogens with zero attached hydrogens (tertiary/aromatic N) is 2. The summed E-state index contributed by atoms with van der Waals surface area (Å²) in [4.78, 5) is 16.0. The predicted octanol–water partition coefficient (Wildman–Crippen LogP) is 3.24. The van der Waals surface area contributed by atoms with Crippen LogP contribution in [0.4, 0.5) is 4.39 Å². The van der Waals surface area contributed by atoms with Gasteiger partial charge in [-0.3, -0.25) is 4.79 Å². The standard InChI is InChI=1S/C15H17FN2O3/c1-4-11(15(19)20-5-2)14-17-13(18-21-14)10-7-6-9(3)12(16)8-10/h6-8,11H,4-5H2,1-3H3. The molecule has 1 heterocycles. The van der Waals surface area contributed by atoms with Gasteiger partial charge >= 0.3 is 5.97 Å². The molecule has 1 aromatic carbocycles. The molecular weight excluding hydrogens is 275 g/mol. The van der Waals surface area contributed by atoms with Gasteiger partial charge in [0.05, 0.1) is 6.61 Å². The molecule has 0 spiro atoms. The Kier molecular flexibility index (Phi) is 4.67. The molecule has 1 unspecified atom stereocenters. The fourth-order valence-electron chi connectivity index (χ4n) is 1.91. The fraction of sp³-hybridized carbons (Fsp3) is 0.400. The topological polar surface area (TPSA) is 65.2 Å². The summed E-state index contributed by atoms with van der Waals surface area (Å²) < 4.78 is 23.7. The Morgan fingerprint density at radius 2 is 2.19 bits per heavy atom. The number of ether oxygens (including phenoxy) is 1. The Morgan fingerprint density at radius 3 is 2.81 bits per heavy atom. The first-order valence-electron chi connectivity index (χ1n) is 6.83. The van der Waals surface area contributed by atoms with Crippen LogP contribution in [0, 0.1) is 12.7 Å². The zero-order valence-electron chi connectivity index (χ0n) is 12.2. The smallest absolute Gasteiger partial charge is 0.318 e. The van der Waals surface area contributed by atoms with Gasteiger partial charge in [0.2, 0.25) is 11.7 Å². The van der Waals surface area contributed by atoms with E-state index in [-0.39, 0.29) is 17.5 Å². The Balaban J connectivity index is 2.27. The number of esters is 1. The maximum Gasteiger partial charge on any atom is 0.318 e. The number of carbonyl (C=O) groups excluding carboxylic acids is 1. The molecule has 1 atom stereocenters. The molecular formula is C15H17FN2O3. The third-order valence-corrected chi connectivity index (χ3v) is 3.15. The molecule has 0 aliphatic rings. The monoisotopic (exact) mass is 292 g/mol. The van der Waals surface area contributed by atoms with Crippen LogP contribution in [0.5, 0.6) is 0 Å². The summed E-state index contributed by atoms with van der Waals surface area (Å²) in [5, 5.41) is 3.81. The minimum atomic E-state index is -0.596. The number of carbonyl (C=O) groups is 1. The van der Waals surface area contributed by atoms with E-state index in [0.717, 1.165) is 0 Å². The molecule has 6 heteroatoms. The van der Waals surface area contributed by atoms with Crippen LogP contribution < -0.4 is 0 Å². The summed E-state index contributed by atoms with van der Waals surface area (Å²) in [5.74, 6) is -0.887. The normalized spacial score (nSPS) is 12.2. The highest BCUT2D eigenvalue weighted by atomic mass is 19.1. The van der Waals surface area contributed by atoms with Crippen molar-refractivity contribution in [3.8, 4) is 11.4 Å². The zero-order valence-corrected chi connectivity index (χ0v) is 12.2. The third kappa shape index (κ3) is 3.26. The minimum absolute atomic E-state index is 0.187. The Morgan fingerprint density at radius 1 is 1.43 bits per heavy atom. The second-order valence-corrected chi connectivity index (χ2v) is 4.63. The van der Waals surface area contributed by atoms with Gasteiger partial charge < -0.3 is 9.26 Å². The van der Waals surface area contributed by atoms with Crippen molar-refractivity contribution in [1.29, 1.82) is 0 Å². The van der Waals surface area contributed by atoms with E-state index < -0.39 is 11.9 Å². The first-order chi connectivity index (χ1) is 10.1. The lowest BCUT2D eigenvalue weighted by Gasteiger charge is -2.08. The van der Waals surface area contributed by atoms with Gasteiger partial charge in [-0.15, -0.1) is 0 Å². The lowest BCUT2D eigenvalue weighted by molar-refractivity contribution is -0.145. The van der Waals surface area contributed by atoms with Crippen LogP contribution in [-0.4, -0.2) is 22.7 Å². The Bertz CT molecular complexity index is 640. The highest BCUT2D eigenvalue weighted by Crippen LogP contribution is 2.24. The van der Waals surface area contributed by atoms with Crippen molar-refractivity contribution in [1.82, 2.24) is 10.1 Å². The molecule has 2 rings (SSSR count). The molecule has 0 amide bonds. The number of aryl methyl sites for hydroxylation is 1. The van der Waals surface area contributed by atoms with Gasteiger partial charge in [0.15, 0.2) is 0 Å². The fourth-order valence-corrected chi connectivity index (χ4v) is 1.91. The number of hydrogen-bond acceptors (Lipinski definition) is 5. The summed E-state index contributed by atoms with van der Waals surface area (Å²) in [6.45, 7) is 5.53. The average molecular weight is 292 g/mol. The average Bonchev–Trinajstić information content (AvgIpc) is 2.92. The van der Waals surface area contributed by atoms with Crippen LogP contribution in [0.3, 0.4) is 0 Å². The van der Waals surface area contributed by atoms with Crippen molar-refractivity contribution in [2.45, 2.75) is 33.1 Å². The van der Waals surface area contributed by atoms with Gasteiger partial charge in [-0.1, -0.05) is 24.2 Å². The van der Waals surface area contributed by atoms with Crippen LogP contribution in [0.2, 0.25) is 0 Å². The van der Waals surface area contributed by atoms with Gasteiger partial charge in [0, 0.05) is 5.56 Å². The van der Waals surface area contributed by atoms with Gasteiger partial charge in [0.1, 0.15) is 11.7 Å². The van der Waals surface area contributed by atoms with Crippen molar-refractivity contribution in [3.63, 3.8) is 0 Å². The van der Waals surface area contributed by atoms with E-state index >= 15 is 0 Å². The van der Waals surface area contributed by atoms with Crippen LogP contribution in [0.25, 0.3) is 11.4 Å². The van der Waals surface area contributed by atoms with E-state index in [2.05, 4.69) is 10.1 Å². The molecule has 0 aliphatic carbocycles. The summed E-state index contributed by atoms with van der Waals surface area (Å²) in [5.41, 5.74) is 1.05. The van der Waals surface area contributed by atoms with E-state index in [0.29, 0.717) is 24.2 Å². The van der Waals surface area contributed by atoms with Crippen LogP contribution >= 0.6 is 0 Å². The SMILES string of the molecule is CCOC(=O)C(CC)c1nc(-c2ccc(C)c(F)c2)no1. The van der Waals surface area contributed by atoms with Crippen LogP contribution in [-0.2, 0) is 9.53 Å². The van der Waals surface area contributed by atoms with Crippen molar-refractivity contribution >= 4 is 5.97 Å². The molecule has 112 valence electrons. The van der Waals surface area contributed by atoms with E-state index in [1.807, 2.05) is 6.92 Å². The molecule has 2 aromatic rings. The molecule has 0 aliphatic heterocycles. The zero-order chi connectivity index (χ0) is 15.4. The van der Waals surface area contributed by atoms with E-state index in [4.69, 9.17) is 9.26 Å². The summed E-state index contributed by atoms with van der Waals surface area (Å²) in [6, 6.07) is 4.69. The quantitative estimate of drug-likeness (QED) is 0.791. The first-order valence-corrected chi connectivity index (χ1v) is 6.83. The van der Waals surface area contributed by atoms with Gasteiger partial charge in [-0.05, 0) is 31.9 Å². The van der Waals surface area contributed by atoms with Gasteiger partial charge in [-0.2, -0.15) is 4.98 Å². The van der Waals surface area contributed by atoms with Crippen molar-refractivity contribution in [2.75, 3.05) is 6.61 Å². The molecule has 0 fully saturated rings. The van der Waals surface area contributed by atoms with E-state index in [9.17, 15) is 9.18 Å². The number of aromatic nitrogens is 2. The maximum atomic E-state index is 13.6. The highest BCUT2D eigenvalue weighted by Gasteiger charge is 2.26. The number of rotatable bonds is 5. The lowest BCUT2D eigenvalue weighted by Crippen LogP contribution is -2.15. The number of halogens is 1. The molecule has 0 saturated carbocycles. The first kappa shape index (κ1) is 15.2. The molecule has 0 N–H and O–H groups in total. The summed E-state index contributed by atoms with van der Waals surface area (Å²) in [7, 11) is 0. The van der Waals surface area contributed by atoms with Crippen molar-refractivity contribution in [2.24, 2.45) is 0 Å². The molecule has 5 nitrogen and oxygen atoms in total. The minimum Gasteiger partial charge on any atom is -0.465 e. The van der Waals surface area contributed by atoms with E-state index in [1.54, 1.807) is 26.0 Å². The van der Waals surface area contributed by atoms with E-state index in [1.165, 1.54) is 6.07 Å². The van der Waals surface area contributed by atoms with Crippen LogP contribution in [0.1, 0.15) is 37.6 Å². The lowest BCUT2D eigenvalue weighted by atomic mass is 10.1. The second-order valence-electron chi connectivity index (χ2n) is 4.63. The van der Waals surface area contributed by atoms with Gasteiger partial charge in [-0.25, -0.2) is 4.39 Å². The third-order valence-electron chi connectivity index (χ3n) is 3.15. The van der Waals surface area contributed by atoms with Crippen LogP contribution in [0.15, 0.2) is 22.7 Å². The molecule has 0 bridgehead atoms. The predicted molar refractivity (Wildman–Crippen MR) is 74.1 cm³/mol. The largest absolute Gasteiger partial charge is 0.465 e. The van der Waals surface area contributed by atoms with Gasteiger partial charge in [0.25, 0.3) is 0 Å². The Labute approximate surface area is 122 Å². The summed E-state index contributed by atoms with van der Waals surface area (Å²) >= 11 is 0. The molecule has 21 heavy (non-hydrogen) atoms. The highest BCUT2D eigenvalue weighted by molar-refractivity contribution is 5.76. The van der Waals surface area contributed by atoms with Crippen molar-refractivity contribution < 1.29 is 18.4 Å². The second kappa shape index (κ2) is 6.47. The summed E-state index contributed by atoms with van der Waals surface area (Å²) in [6.07, 6.45) is 0.489. The molecule has 1 aromatic heterocycles. The Hall–Kier alpha value is -2.24.